The van der Waals surface area contributed by atoms with Crippen LogP contribution in [0.3, 0.4) is 0 Å². The molecule has 2 aromatic carbocycles. The molecular formula is C23H23F3N2O5S. The molecule has 1 heterocycles. The van der Waals surface area contributed by atoms with Gasteiger partial charge in [-0.3, -0.25) is 9.59 Å². The minimum Gasteiger partial charge on any atom is -0.406 e. The molecule has 0 saturated heterocycles. The highest BCUT2D eigenvalue weighted by molar-refractivity contribution is 7.92. The lowest BCUT2D eigenvalue weighted by atomic mass is 10.2. The predicted octanol–water partition coefficient (Wildman–Crippen LogP) is 4.08. The monoisotopic (exact) mass is 496 g/mol. The van der Waals surface area contributed by atoms with E-state index in [1.165, 1.54) is 25.1 Å². The third kappa shape index (κ3) is 5.35. The lowest BCUT2D eigenvalue weighted by Gasteiger charge is -2.18. The zero-order valence-electron chi connectivity index (χ0n) is 18.3. The average molecular weight is 497 g/mol. The summed E-state index contributed by atoms with van der Waals surface area (Å²) >= 11 is 0. The summed E-state index contributed by atoms with van der Waals surface area (Å²) in [5.41, 5.74) is 1.73. The molecule has 0 aromatic heterocycles. The number of alkyl halides is 3. The summed E-state index contributed by atoms with van der Waals surface area (Å²) in [5.74, 6) is -0.878. The van der Waals surface area contributed by atoms with Crippen molar-refractivity contribution in [1.82, 2.24) is 0 Å². The van der Waals surface area contributed by atoms with Crippen molar-refractivity contribution in [3.05, 3.63) is 48.0 Å². The van der Waals surface area contributed by atoms with E-state index in [0.29, 0.717) is 13.0 Å². The fourth-order valence-corrected chi connectivity index (χ4v) is 5.29. The molecule has 0 bridgehead atoms. The number of ether oxygens (including phenoxy) is 1. The topological polar surface area (TPSA) is 92.8 Å². The molecule has 11 heteroatoms. The number of benzene rings is 2. The molecule has 4 rings (SSSR count). The van der Waals surface area contributed by atoms with Gasteiger partial charge in [-0.1, -0.05) is 0 Å². The Labute approximate surface area is 194 Å². The highest BCUT2D eigenvalue weighted by Crippen LogP contribution is 2.37. The molecule has 0 radical (unpaired) electrons. The van der Waals surface area contributed by atoms with Gasteiger partial charge in [0.25, 0.3) is 0 Å². The van der Waals surface area contributed by atoms with Crippen LogP contribution in [0.15, 0.2) is 47.4 Å². The van der Waals surface area contributed by atoms with Gasteiger partial charge in [-0.05, 0) is 74.2 Å². The molecule has 1 N–H and O–H groups in total. The van der Waals surface area contributed by atoms with Crippen molar-refractivity contribution in [2.75, 3.05) is 16.8 Å². The minimum atomic E-state index is -4.82. The van der Waals surface area contributed by atoms with Crippen LogP contribution in [0.4, 0.5) is 24.5 Å². The second-order valence-corrected chi connectivity index (χ2v) is 10.9. The predicted molar refractivity (Wildman–Crippen MR) is 118 cm³/mol. The summed E-state index contributed by atoms with van der Waals surface area (Å²) in [5, 5.41) is 1.44. The number of hydrogen-bond donors (Lipinski definition) is 1. The largest absolute Gasteiger partial charge is 0.573 e. The van der Waals surface area contributed by atoms with Gasteiger partial charge in [0.1, 0.15) is 5.75 Å². The molecule has 1 aliphatic carbocycles. The van der Waals surface area contributed by atoms with Crippen molar-refractivity contribution < 1.29 is 35.9 Å². The van der Waals surface area contributed by atoms with E-state index in [9.17, 15) is 31.2 Å². The number of anilines is 2. The summed E-state index contributed by atoms with van der Waals surface area (Å²) in [6.07, 6.45) is -2.81. The molecule has 2 aromatic rings. The number of halogens is 3. The van der Waals surface area contributed by atoms with Gasteiger partial charge in [-0.15, -0.1) is 13.2 Å². The molecule has 1 atom stereocenters. The average Bonchev–Trinajstić information content (AvgIpc) is 3.52. The Morgan fingerprint density at radius 1 is 1.15 bits per heavy atom. The summed E-state index contributed by atoms with van der Waals surface area (Å²) in [6, 6.07) is 9.22. The van der Waals surface area contributed by atoms with Crippen LogP contribution in [0, 0.1) is 5.92 Å². The van der Waals surface area contributed by atoms with Crippen LogP contribution in [-0.2, 0) is 25.8 Å². The standard InChI is InChI=1S/C23H23F3N2O5S/c1-14(12-21(29)27-17-4-6-18(7-5-17)33-23(24,25)26)34(31,32)19-8-9-20-16(13-19)10-11-28(20)22(30)15-2-3-15/h4-9,13-15H,2-3,10-12H2,1H3,(H,27,29)/t14-/m1/s1. The van der Waals surface area contributed by atoms with Gasteiger partial charge in [-0.25, -0.2) is 8.42 Å². The van der Waals surface area contributed by atoms with Crippen molar-refractivity contribution in [2.45, 2.75) is 49.1 Å². The van der Waals surface area contributed by atoms with E-state index < -0.39 is 33.1 Å². The first-order chi connectivity index (χ1) is 15.9. The molecule has 182 valence electrons. The number of fused-ring (bicyclic) bond motifs is 1. The molecule has 1 fully saturated rings. The molecule has 34 heavy (non-hydrogen) atoms. The second-order valence-electron chi connectivity index (χ2n) is 8.48. The lowest BCUT2D eigenvalue weighted by molar-refractivity contribution is -0.274. The molecule has 0 spiro atoms. The second kappa shape index (κ2) is 8.94. The van der Waals surface area contributed by atoms with E-state index in [1.54, 1.807) is 17.0 Å². The highest BCUT2D eigenvalue weighted by atomic mass is 32.2. The van der Waals surface area contributed by atoms with Gasteiger partial charge in [0, 0.05) is 30.3 Å². The number of sulfone groups is 1. The summed E-state index contributed by atoms with van der Waals surface area (Å²) < 4.78 is 66.6. The Hall–Kier alpha value is -3.08. The molecular weight excluding hydrogens is 473 g/mol. The van der Waals surface area contributed by atoms with Crippen LogP contribution in [0.5, 0.6) is 5.75 Å². The van der Waals surface area contributed by atoms with Gasteiger partial charge in [-0.2, -0.15) is 0 Å². The Bertz CT molecular complexity index is 1210. The number of nitrogens with one attached hydrogen (secondary N) is 1. The van der Waals surface area contributed by atoms with E-state index in [2.05, 4.69) is 10.1 Å². The Kier molecular flexibility index (Phi) is 6.32. The van der Waals surface area contributed by atoms with E-state index in [4.69, 9.17) is 0 Å². The maximum atomic E-state index is 13.0. The maximum Gasteiger partial charge on any atom is 0.573 e. The van der Waals surface area contributed by atoms with Crippen LogP contribution in [0.2, 0.25) is 0 Å². The van der Waals surface area contributed by atoms with Gasteiger partial charge < -0.3 is 15.0 Å². The van der Waals surface area contributed by atoms with E-state index in [0.717, 1.165) is 36.2 Å². The van der Waals surface area contributed by atoms with Crippen molar-refractivity contribution in [3.63, 3.8) is 0 Å². The lowest BCUT2D eigenvalue weighted by Crippen LogP contribution is -2.30. The smallest absolute Gasteiger partial charge is 0.406 e. The first-order valence-corrected chi connectivity index (χ1v) is 12.3. The number of nitrogens with zero attached hydrogens (tertiary/aromatic N) is 1. The summed E-state index contributed by atoms with van der Waals surface area (Å²) in [7, 11) is -3.83. The van der Waals surface area contributed by atoms with Crippen LogP contribution in [0.25, 0.3) is 0 Å². The van der Waals surface area contributed by atoms with Gasteiger partial charge >= 0.3 is 6.36 Å². The van der Waals surface area contributed by atoms with Crippen molar-refractivity contribution in [3.8, 4) is 5.75 Å². The van der Waals surface area contributed by atoms with Crippen LogP contribution >= 0.6 is 0 Å². The van der Waals surface area contributed by atoms with Crippen molar-refractivity contribution in [1.29, 1.82) is 0 Å². The van der Waals surface area contributed by atoms with Crippen LogP contribution in [0.1, 0.15) is 31.7 Å². The number of rotatable bonds is 7. The third-order valence-electron chi connectivity index (χ3n) is 5.84. The molecule has 7 nitrogen and oxygen atoms in total. The summed E-state index contributed by atoms with van der Waals surface area (Å²) in [6.45, 7) is 1.95. The Morgan fingerprint density at radius 2 is 1.82 bits per heavy atom. The Morgan fingerprint density at radius 3 is 2.44 bits per heavy atom. The van der Waals surface area contributed by atoms with Gasteiger partial charge in [0.15, 0.2) is 9.84 Å². The van der Waals surface area contributed by atoms with Crippen molar-refractivity contribution in [2.24, 2.45) is 5.92 Å². The zero-order chi connectivity index (χ0) is 24.7. The normalized spacial score (nSPS) is 16.6. The fraction of sp³-hybridized carbons (Fsp3) is 0.391. The number of amides is 2. The maximum absolute atomic E-state index is 13.0. The highest BCUT2D eigenvalue weighted by Gasteiger charge is 2.37. The van der Waals surface area contributed by atoms with E-state index >= 15 is 0 Å². The van der Waals surface area contributed by atoms with E-state index in [-0.39, 0.29) is 28.8 Å². The zero-order valence-corrected chi connectivity index (χ0v) is 19.1. The first kappa shape index (κ1) is 24.1. The van der Waals surface area contributed by atoms with Crippen molar-refractivity contribution >= 4 is 33.0 Å². The SMILES string of the molecule is C[C@H](CC(=O)Nc1ccc(OC(F)(F)F)cc1)S(=O)(=O)c1ccc2c(c1)CCN2C(=O)C1CC1. The van der Waals surface area contributed by atoms with E-state index in [1.807, 2.05) is 0 Å². The molecule has 1 saturated carbocycles. The number of carbonyl (C=O) groups excluding carboxylic acids is 2. The molecule has 0 unspecified atom stereocenters. The number of carbonyl (C=O) groups is 2. The van der Waals surface area contributed by atoms with Gasteiger partial charge in [0.05, 0.1) is 10.1 Å². The molecule has 2 amide bonds. The summed E-state index contributed by atoms with van der Waals surface area (Å²) in [4.78, 5) is 26.6. The first-order valence-electron chi connectivity index (χ1n) is 10.8. The molecule has 1 aliphatic heterocycles. The third-order valence-corrected chi connectivity index (χ3v) is 7.98. The minimum absolute atomic E-state index is 0.0706. The fourth-order valence-electron chi connectivity index (χ4n) is 3.89. The van der Waals surface area contributed by atoms with Crippen LogP contribution in [-0.4, -0.2) is 38.4 Å². The van der Waals surface area contributed by atoms with Gasteiger partial charge in [0.2, 0.25) is 11.8 Å². The molecule has 2 aliphatic rings. The quantitative estimate of drug-likeness (QED) is 0.624. The number of hydrogen-bond acceptors (Lipinski definition) is 5. The Balaban J connectivity index is 1.39. The van der Waals surface area contributed by atoms with Crippen LogP contribution < -0.4 is 15.0 Å².